The van der Waals surface area contributed by atoms with Gasteiger partial charge in [-0.2, -0.15) is 30.0 Å². The number of alkyl halides is 1. The summed E-state index contributed by atoms with van der Waals surface area (Å²) in [6, 6.07) is 22.4. The lowest BCUT2D eigenvalue weighted by Gasteiger charge is -1.97. The van der Waals surface area contributed by atoms with Crippen molar-refractivity contribution in [1.29, 1.82) is 0 Å². The van der Waals surface area contributed by atoms with E-state index in [1.54, 1.807) is 33.9 Å². The highest BCUT2D eigenvalue weighted by atomic mass is 35.5. The summed E-state index contributed by atoms with van der Waals surface area (Å²) in [6.45, 7) is 4.82. The molecular formula is C33H28ClFN8. The van der Waals surface area contributed by atoms with Crippen molar-refractivity contribution in [1.82, 2.24) is 40.0 Å². The molecule has 0 fully saturated rings. The van der Waals surface area contributed by atoms with Gasteiger partial charge in [0.1, 0.15) is 45.3 Å². The highest BCUT2D eigenvalue weighted by Gasteiger charge is 2.06. The van der Waals surface area contributed by atoms with Gasteiger partial charge >= 0.3 is 0 Å². The van der Waals surface area contributed by atoms with Gasteiger partial charge in [0.25, 0.3) is 0 Å². The highest BCUT2D eigenvalue weighted by Crippen LogP contribution is 2.17. The number of aryl methyl sites for hydroxylation is 4. The molecule has 0 bridgehead atoms. The van der Waals surface area contributed by atoms with Gasteiger partial charge in [0.2, 0.25) is 0 Å². The fraction of sp³-hybridized carbons (Fsp3) is 0.212. The molecule has 0 N–H and O–H groups in total. The maximum atomic E-state index is 12.5. The van der Waals surface area contributed by atoms with Crippen LogP contribution in [0.4, 0.5) is 4.39 Å². The van der Waals surface area contributed by atoms with E-state index in [0.717, 1.165) is 27.6 Å². The van der Waals surface area contributed by atoms with Gasteiger partial charge in [-0.05, 0) is 79.3 Å². The summed E-state index contributed by atoms with van der Waals surface area (Å²) in [6.07, 6.45) is 1.27. The Labute approximate surface area is 253 Å². The monoisotopic (exact) mass is 590 g/mol. The Hall–Kier alpha value is -5.12. The maximum absolute atomic E-state index is 12.5. The average Bonchev–Trinajstić information content (AvgIpc) is 3.64. The van der Waals surface area contributed by atoms with Crippen LogP contribution in [0.3, 0.4) is 0 Å². The van der Waals surface area contributed by atoms with Gasteiger partial charge in [-0.25, -0.2) is 14.4 Å². The molecule has 0 radical (unpaired) electrons. The Morgan fingerprint density at radius 3 is 1.93 bits per heavy atom. The smallest absolute Gasteiger partial charge is 0.131 e. The van der Waals surface area contributed by atoms with Gasteiger partial charge in [-0.15, -0.1) is 0 Å². The molecule has 0 aliphatic rings. The summed E-state index contributed by atoms with van der Waals surface area (Å²) < 4.78 is 12.5. The lowest BCUT2D eigenvalue weighted by molar-refractivity contribution is 0.476. The van der Waals surface area contributed by atoms with Crippen LogP contribution in [0.25, 0.3) is 22.1 Å². The third-order valence-corrected chi connectivity index (χ3v) is 6.62. The molecule has 0 saturated heterocycles. The Kier molecular flexibility index (Phi) is 9.68. The van der Waals surface area contributed by atoms with Crippen molar-refractivity contribution in [3.63, 3.8) is 0 Å². The second-order valence-electron chi connectivity index (χ2n) is 9.55. The van der Waals surface area contributed by atoms with Gasteiger partial charge in [0, 0.05) is 12.8 Å². The van der Waals surface area contributed by atoms with Crippen LogP contribution in [-0.2, 0) is 19.8 Å². The minimum Gasteiger partial charge on any atom is -0.244 e. The van der Waals surface area contributed by atoms with E-state index in [0.29, 0.717) is 48.2 Å². The molecule has 0 aliphatic carbocycles. The van der Waals surface area contributed by atoms with Crippen LogP contribution in [0.5, 0.6) is 0 Å². The fourth-order valence-electron chi connectivity index (χ4n) is 4.08. The molecule has 8 nitrogen and oxygen atoms in total. The Bertz CT molecular complexity index is 1960. The van der Waals surface area contributed by atoms with Crippen LogP contribution in [-0.4, -0.2) is 40.0 Å². The predicted molar refractivity (Wildman–Crippen MR) is 166 cm³/mol. The van der Waals surface area contributed by atoms with E-state index in [9.17, 15) is 4.39 Å². The molecule has 0 spiro atoms. The molecule has 0 saturated carbocycles. The van der Waals surface area contributed by atoms with E-state index < -0.39 is 6.67 Å². The number of hydrogen-bond donors (Lipinski definition) is 0. The van der Waals surface area contributed by atoms with Crippen molar-refractivity contribution in [3.05, 3.63) is 106 Å². The number of nitrogens with zero attached hydrogens (tertiary/aromatic N) is 8. The van der Waals surface area contributed by atoms with Crippen LogP contribution in [0.2, 0.25) is 5.15 Å². The number of benzene rings is 2. The van der Waals surface area contributed by atoms with E-state index in [4.69, 9.17) is 11.6 Å². The molecular weight excluding hydrogens is 563 g/mol. The van der Waals surface area contributed by atoms with Crippen LogP contribution in [0, 0.1) is 37.5 Å². The lowest BCUT2D eigenvalue weighted by atomic mass is 10.1. The van der Waals surface area contributed by atoms with Crippen LogP contribution in [0.1, 0.15) is 41.1 Å². The van der Waals surface area contributed by atoms with Crippen molar-refractivity contribution in [2.24, 2.45) is 0 Å². The molecule has 0 atom stereocenters. The molecule has 4 heterocycles. The summed E-state index contributed by atoms with van der Waals surface area (Å²) >= 11 is 5.80. The molecule has 10 heteroatoms. The van der Waals surface area contributed by atoms with E-state index in [1.807, 2.05) is 42.5 Å². The first-order valence-corrected chi connectivity index (χ1v) is 14.1. The number of hydrogen-bond acceptors (Lipinski definition) is 6. The number of halogens is 2. The van der Waals surface area contributed by atoms with E-state index in [2.05, 4.69) is 74.0 Å². The van der Waals surface area contributed by atoms with Gasteiger partial charge < -0.3 is 0 Å². The second-order valence-corrected chi connectivity index (χ2v) is 9.94. The molecule has 2 aromatic carbocycles. The van der Waals surface area contributed by atoms with Crippen molar-refractivity contribution in [3.8, 4) is 23.7 Å². The summed E-state index contributed by atoms with van der Waals surface area (Å²) in [7, 11) is 0. The number of pyridine rings is 2. The Morgan fingerprint density at radius 2 is 1.28 bits per heavy atom. The van der Waals surface area contributed by atoms with E-state index >= 15 is 0 Å². The number of fused-ring (bicyclic) bond motifs is 2. The normalized spacial score (nSPS) is 10.4. The van der Waals surface area contributed by atoms with Crippen molar-refractivity contribution < 1.29 is 4.39 Å². The van der Waals surface area contributed by atoms with Gasteiger partial charge in [0.15, 0.2) is 0 Å². The van der Waals surface area contributed by atoms with E-state index in [1.165, 1.54) is 5.56 Å². The standard InChI is InChI=1S/C18H17FN4.C15H11ClN4/c1-13-9-10-17-18(14(13)2)22-23(21-17)11-4-3-6-15-7-5-8-16(12-19)20-15;16-15-10-5-7-12(17-15)6-3-4-11-20-18-13-8-1-2-9-14(13)19-20/h5,7-10H,4,11-12H2,1-2H3;1-2,5,7-10H,4,11H2. The van der Waals surface area contributed by atoms with Gasteiger partial charge in [-0.3, -0.25) is 0 Å². The average molecular weight is 591 g/mol. The molecule has 214 valence electrons. The van der Waals surface area contributed by atoms with Crippen LogP contribution in [0.15, 0.2) is 72.8 Å². The van der Waals surface area contributed by atoms with Gasteiger partial charge in [-0.1, -0.05) is 53.8 Å². The van der Waals surface area contributed by atoms with Crippen molar-refractivity contribution in [2.45, 2.75) is 46.5 Å². The molecule has 4 aromatic heterocycles. The van der Waals surface area contributed by atoms with Gasteiger partial charge in [0.05, 0.1) is 18.8 Å². The lowest BCUT2D eigenvalue weighted by Crippen LogP contribution is -2.01. The third-order valence-electron chi connectivity index (χ3n) is 6.41. The molecule has 0 amide bonds. The van der Waals surface area contributed by atoms with E-state index in [-0.39, 0.29) is 0 Å². The zero-order chi connectivity index (χ0) is 30.0. The summed E-state index contributed by atoms with van der Waals surface area (Å²) in [5.41, 5.74) is 7.68. The largest absolute Gasteiger partial charge is 0.244 e. The minimum absolute atomic E-state index is 0.405. The molecule has 0 aliphatic heterocycles. The summed E-state index contributed by atoms with van der Waals surface area (Å²) in [5.74, 6) is 12.0. The zero-order valence-electron chi connectivity index (χ0n) is 23.8. The highest BCUT2D eigenvalue weighted by molar-refractivity contribution is 6.29. The fourth-order valence-corrected chi connectivity index (χ4v) is 4.24. The third kappa shape index (κ3) is 8.00. The van der Waals surface area contributed by atoms with Crippen molar-refractivity contribution >= 4 is 33.7 Å². The summed E-state index contributed by atoms with van der Waals surface area (Å²) in [4.78, 5) is 11.6. The number of aromatic nitrogens is 8. The molecule has 43 heavy (non-hydrogen) atoms. The quantitative estimate of drug-likeness (QED) is 0.174. The maximum Gasteiger partial charge on any atom is 0.131 e. The predicted octanol–water partition coefficient (Wildman–Crippen LogP) is 6.28. The molecule has 6 rings (SSSR count). The number of rotatable bonds is 5. The summed E-state index contributed by atoms with van der Waals surface area (Å²) in [5, 5.41) is 18.2. The van der Waals surface area contributed by atoms with Crippen LogP contribution < -0.4 is 0 Å². The zero-order valence-corrected chi connectivity index (χ0v) is 24.6. The first kappa shape index (κ1) is 29.4. The molecule has 0 unspecified atom stereocenters. The van der Waals surface area contributed by atoms with Crippen molar-refractivity contribution in [2.75, 3.05) is 0 Å². The molecule has 6 aromatic rings. The SMILES string of the molecule is Cc1ccc2nn(CCC#Cc3cccc(CF)n3)nc2c1C.Clc1cccc(C#CCCn2nc3ccccc3n2)n1. The topological polar surface area (TPSA) is 87.2 Å². The second kappa shape index (κ2) is 14.2. The minimum atomic E-state index is -0.571. The Morgan fingerprint density at radius 1 is 0.674 bits per heavy atom. The first-order chi connectivity index (χ1) is 21.0. The van der Waals surface area contributed by atoms with Crippen LogP contribution >= 0.6 is 11.6 Å². The Balaban J connectivity index is 0.000000173. The first-order valence-electron chi connectivity index (χ1n) is 13.7.